The van der Waals surface area contributed by atoms with E-state index in [0.29, 0.717) is 23.9 Å². The molecule has 168 valence electrons. The maximum Gasteiger partial charge on any atom is 0.246 e. The van der Waals surface area contributed by atoms with Gasteiger partial charge in [0.05, 0.1) is 12.6 Å². The molecule has 0 radical (unpaired) electrons. The Morgan fingerprint density at radius 2 is 2.06 bits per heavy atom. The van der Waals surface area contributed by atoms with Crippen molar-refractivity contribution < 1.29 is 9.59 Å². The van der Waals surface area contributed by atoms with E-state index in [1.54, 1.807) is 30.3 Å². The van der Waals surface area contributed by atoms with Crippen molar-refractivity contribution in [3.63, 3.8) is 0 Å². The quantitative estimate of drug-likeness (QED) is 0.554. The second kappa shape index (κ2) is 9.73. The number of benzene rings is 1. The lowest BCUT2D eigenvalue weighted by Gasteiger charge is -2.22. The maximum atomic E-state index is 12.8. The second-order valence-electron chi connectivity index (χ2n) is 7.91. The van der Waals surface area contributed by atoms with Crippen LogP contribution in [-0.4, -0.2) is 52.2 Å². The van der Waals surface area contributed by atoms with Crippen LogP contribution in [0.3, 0.4) is 0 Å². The number of aromatic nitrogens is 2. The van der Waals surface area contributed by atoms with Crippen molar-refractivity contribution in [1.82, 2.24) is 19.8 Å². The number of rotatable bonds is 4. The van der Waals surface area contributed by atoms with Gasteiger partial charge in [0, 0.05) is 53.0 Å². The first kappa shape index (κ1) is 23.8. The molecule has 32 heavy (non-hydrogen) atoms. The van der Waals surface area contributed by atoms with Gasteiger partial charge in [0.25, 0.3) is 0 Å². The maximum absolute atomic E-state index is 12.8. The van der Waals surface area contributed by atoms with Gasteiger partial charge >= 0.3 is 0 Å². The zero-order valence-electron chi connectivity index (χ0n) is 18.1. The summed E-state index contributed by atoms with van der Waals surface area (Å²) in [6, 6.07) is 9.48. The number of carbonyl (C=O) groups is 2. The molecule has 3 aromatic rings. The van der Waals surface area contributed by atoms with E-state index in [9.17, 15) is 9.59 Å². The van der Waals surface area contributed by atoms with Gasteiger partial charge in [0.1, 0.15) is 5.82 Å². The molecular formula is C23H25Cl2N5O2. The monoisotopic (exact) mass is 473 g/mol. The molecule has 2 amide bonds. The van der Waals surface area contributed by atoms with Gasteiger partial charge in [-0.05, 0) is 55.9 Å². The minimum atomic E-state index is -0.141. The highest BCUT2D eigenvalue weighted by molar-refractivity contribution is 6.31. The second-order valence-corrected chi connectivity index (χ2v) is 8.35. The Balaban J connectivity index is 0.00000289. The zero-order chi connectivity index (χ0) is 22.1. The van der Waals surface area contributed by atoms with Gasteiger partial charge in [-0.25, -0.2) is 4.98 Å². The van der Waals surface area contributed by atoms with Crippen molar-refractivity contribution in [2.45, 2.75) is 19.5 Å². The predicted molar refractivity (Wildman–Crippen MR) is 130 cm³/mol. The summed E-state index contributed by atoms with van der Waals surface area (Å²) < 4.78 is 0. The number of anilines is 1. The fourth-order valence-electron chi connectivity index (χ4n) is 3.65. The minimum Gasteiger partial charge on any atom is -0.357 e. The largest absolute Gasteiger partial charge is 0.357 e. The van der Waals surface area contributed by atoms with Gasteiger partial charge in [-0.3, -0.25) is 14.5 Å². The fraction of sp³-hybridized carbons (Fsp3) is 0.261. The lowest BCUT2D eigenvalue weighted by molar-refractivity contribution is -0.126. The van der Waals surface area contributed by atoms with Crippen molar-refractivity contribution in [3.8, 4) is 0 Å². The van der Waals surface area contributed by atoms with Crippen molar-refractivity contribution >= 4 is 58.6 Å². The van der Waals surface area contributed by atoms with E-state index in [-0.39, 0.29) is 30.3 Å². The first-order chi connectivity index (χ1) is 14.8. The molecule has 0 bridgehead atoms. The number of carbonyl (C=O) groups excluding carboxylic acids is 2. The molecule has 2 aromatic heterocycles. The Bertz CT molecular complexity index is 1190. The average Bonchev–Trinajstić information content (AvgIpc) is 3.08. The number of aromatic amines is 1. The van der Waals surface area contributed by atoms with Crippen LogP contribution in [-0.2, 0) is 16.1 Å². The fourth-order valence-corrected chi connectivity index (χ4v) is 3.83. The number of nitrogens with one attached hydrogen (secondary N) is 2. The Kier molecular flexibility index (Phi) is 7.23. The van der Waals surface area contributed by atoms with Crippen molar-refractivity contribution in [3.05, 3.63) is 64.4 Å². The molecule has 0 aliphatic carbocycles. The number of hydrogen-bond donors (Lipinski definition) is 2. The van der Waals surface area contributed by atoms with Crippen molar-refractivity contribution in [2.75, 3.05) is 26.0 Å². The summed E-state index contributed by atoms with van der Waals surface area (Å²) in [5.74, 6) is 0.370. The molecule has 2 N–H and O–H groups in total. The number of likely N-dealkylation sites (N-methyl/N-ethyl adjacent to an activating group) is 2. The molecule has 1 atom stereocenters. The van der Waals surface area contributed by atoms with E-state index >= 15 is 0 Å². The number of fused-ring (bicyclic) bond motifs is 2. The van der Waals surface area contributed by atoms with E-state index in [2.05, 4.69) is 15.3 Å². The molecule has 3 heterocycles. The van der Waals surface area contributed by atoms with Crippen LogP contribution in [0, 0.1) is 0 Å². The number of nitrogens with zero attached hydrogens (tertiary/aromatic N) is 3. The van der Waals surface area contributed by atoms with E-state index < -0.39 is 0 Å². The van der Waals surface area contributed by atoms with E-state index in [1.165, 1.54) is 0 Å². The van der Waals surface area contributed by atoms with E-state index in [4.69, 9.17) is 11.6 Å². The van der Waals surface area contributed by atoms with Crippen LogP contribution in [0.1, 0.15) is 29.8 Å². The smallest absolute Gasteiger partial charge is 0.246 e. The molecule has 0 saturated heterocycles. The van der Waals surface area contributed by atoms with Crippen LogP contribution >= 0.6 is 24.0 Å². The summed E-state index contributed by atoms with van der Waals surface area (Å²) in [5.41, 5.74) is 3.64. The van der Waals surface area contributed by atoms with Crippen molar-refractivity contribution in [2.24, 2.45) is 0 Å². The lowest BCUT2D eigenvalue weighted by Crippen LogP contribution is -2.28. The third-order valence-electron chi connectivity index (χ3n) is 5.50. The van der Waals surface area contributed by atoms with Crippen LogP contribution in [0.4, 0.5) is 5.82 Å². The highest BCUT2D eigenvalue weighted by Gasteiger charge is 2.19. The number of pyridine rings is 1. The Morgan fingerprint density at radius 3 is 2.84 bits per heavy atom. The van der Waals surface area contributed by atoms with E-state index in [0.717, 1.165) is 27.7 Å². The highest BCUT2D eigenvalue weighted by Crippen LogP contribution is 2.26. The summed E-state index contributed by atoms with van der Waals surface area (Å²) in [7, 11) is 3.66. The van der Waals surface area contributed by atoms with Crippen LogP contribution in [0.25, 0.3) is 17.0 Å². The summed E-state index contributed by atoms with van der Waals surface area (Å²) in [5, 5.41) is 4.50. The third kappa shape index (κ3) is 5.12. The van der Waals surface area contributed by atoms with Crippen molar-refractivity contribution in [1.29, 1.82) is 0 Å². The molecule has 0 saturated carbocycles. The first-order valence-electron chi connectivity index (χ1n) is 10.0. The summed E-state index contributed by atoms with van der Waals surface area (Å²) in [6.07, 6.45) is 4.94. The van der Waals surface area contributed by atoms with Gasteiger partial charge in [0.15, 0.2) is 0 Å². The molecule has 1 unspecified atom stereocenters. The highest BCUT2D eigenvalue weighted by atomic mass is 35.5. The summed E-state index contributed by atoms with van der Waals surface area (Å²) in [6.45, 7) is 2.90. The van der Waals surface area contributed by atoms with Crippen LogP contribution < -0.4 is 5.32 Å². The lowest BCUT2D eigenvalue weighted by atomic mass is 10.1. The topological polar surface area (TPSA) is 81.3 Å². The average molecular weight is 474 g/mol. The SMILES string of the molecule is CC(c1cc2cc(Cl)ccc2[nH]1)N(C)C(=O)/C=C/c1cnc2c(c1)CN(C)CC(=O)N2.Cl. The molecule has 7 nitrogen and oxygen atoms in total. The normalized spacial score (nSPS) is 15.1. The first-order valence-corrected chi connectivity index (χ1v) is 10.4. The Labute approximate surface area is 197 Å². The zero-order valence-corrected chi connectivity index (χ0v) is 19.6. The Morgan fingerprint density at radius 1 is 1.28 bits per heavy atom. The molecule has 1 aliphatic rings. The van der Waals surface area contributed by atoms with Gasteiger partial charge in [-0.2, -0.15) is 0 Å². The summed E-state index contributed by atoms with van der Waals surface area (Å²) in [4.78, 5) is 35.9. The van der Waals surface area contributed by atoms with Crippen LogP contribution in [0.2, 0.25) is 5.02 Å². The third-order valence-corrected chi connectivity index (χ3v) is 5.74. The van der Waals surface area contributed by atoms with Crippen LogP contribution in [0.5, 0.6) is 0 Å². The molecule has 1 aliphatic heterocycles. The molecule has 1 aromatic carbocycles. The number of H-pyrrole nitrogens is 1. The standard InChI is InChI=1S/C23H24ClN5O2.ClH/c1-14(20-10-16-9-18(24)5-6-19(16)26-20)29(3)22(31)7-4-15-8-17-12-28(2)13-21(30)27-23(17)25-11-15;/h4-11,14,26H,12-13H2,1-3H3,(H,25,27,30);1H/b7-4+;. The van der Waals surface area contributed by atoms with Gasteiger partial charge in [0.2, 0.25) is 11.8 Å². The van der Waals surface area contributed by atoms with Crippen LogP contribution in [0.15, 0.2) is 42.6 Å². The number of hydrogen-bond acceptors (Lipinski definition) is 4. The van der Waals surface area contributed by atoms with Gasteiger partial charge < -0.3 is 15.2 Å². The predicted octanol–water partition coefficient (Wildman–Crippen LogP) is 4.25. The van der Waals surface area contributed by atoms with Gasteiger partial charge in [-0.15, -0.1) is 12.4 Å². The van der Waals surface area contributed by atoms with E-state index in [1.807, 2.05) is 49.2 Å². The molecule has 4 rings (SSSR count). The molecular weight excluding hydrogens is 449 g/mol. The number of amides is 2. The molecule has 9 heteroatoms. The van der Waals surface area contributed by atoms with Gasteiger partial charge in [-0.1, -0.05) is 11.6 Å². The molecule has 0 spiro atoms. The molecule has 0 fully saturated rings. The minimum absolute atomic E-state index is 0. The summed E-state index contributed by atoms with van der Waals surface area (Å²) >= 11 is 6.07. The number of halogens is 2. The Hall–Kier alpha value is -2.87.